The smallest absolute Gasteiger partial charge is 0.227 e. The highest BCUT2D eigenvalue weighted by atomic mass is 32.1. The van der Waals surface area contributed by atoms with E-state index in [4.69, 9.17) is 5.73 Å². The normalized spacial score (nSPS) is 24.4. The molecule has 2 rings (SSSR count). The van der Waals surface area contributed by atoms with E-state index < -0.39 is 0 Å². The number of carbonyl (C=O) groups excluding carboxylic acids is 1. The maximum absolute atomic E-state index is 12.2. The van der Waals surface area contributed by atoms with Gasteiger partial charge in [-0.05, 0) is 23.8 Å². The molecule has 0 fully saturated rings. The molecule has 1 aromatic heterocycles. The standard InChI is InChI=1S/C14H20N2OS/c1-9(2)13(12-4-3-7-18-12)16-14(17)10-5-6-11(15)8-10/h3-7,9-11,13H,8,15H2,1-2H3,(H,16,17). The fourth-order valence-electron chi connectivity index (χ4n) is 2.22. The van der Waals surface area contributed by atoms with E-state index in [9.17, 15) is 4.79 Å². The van der Waals surface area contributed by atoms with E-state index in [1.54, 1.807) is 11.3 Å². The van der Waals surface area contributed by atoms with Gasteiger partial charge in [-0.1, -0.05) is 32.1 Å². The van der Waals surface area contributed by atoms with E-state index in [1.165, 1.54) is 4.88 Å². The topological polar surface area (TPSA) is 55.1 Å². The molecule has 3 unspecified atom stereocenters. The van der Waals surface area contributed by atoms with Crippen molar-refractivity contribution in [2.45, 2.75) is 32.4 Å². The zero-order chi connectivity index (χ0) is 13.1. The first-order chi connectivity index (χ1) is 8.58. The molecule has 1 aromatic rings. The van der Waals surface area contributed by atoms with Crippen molar-refractivity contribution in [2.75, 3.05) is 0 Å². The molecule has 0 radical (unpaired) electrons. The monoisotopic (exact) mass is 264 g/mol. The second kappa shape index (κ2) is 5.67. The lowest BCUT2D eigenvalue weighted by Crippen LogP contribution is -2.35. The number of rotatable bonds is 4. The molecular weight excluding hydrogens is 244 g/mol. The summed E-state index contributed by atoms with van der Waals surface area (Å²) in [7, 11) is 0. The quantitative estimate of drug-likeness (QED) is 0.821. The van der Waals surface area contributed by atoms with Crippen LogP contribution in [-0.2, 0) is 4.79 Å². The molecule has 0 aromatic carbocycles. The molecule has 1 heterocycles. The minimum Gasteiger partial charge on any atom is -0.348 e. The average Bonchev–Trinajstić information content (AvgIpc) is 2.95. The number of carbonyl (C=O) groups is 1. The highest BCUT2D eigenvalue weighted by Crippen LogP contribution is 2.27. The van der Waals surface area contributed by atoms with Crippen LogP contribution in [0.2, 0.25) is 0 Å². The minimum atomic E-state index is -0.0683. The predicted octanol–water partition coefficient (Wildman–Crippen LogP) is 2.46. The van der Waals surface area contributed by atoms with Crippen molar-refractivity contribution in [2.24, 2.45) is 17.6 Å². The molecule has 98 valence electrons. The molecule has 1 amide bonds. The summed E-state index contributed by atoms with van der Waals surface area (Å²) in [6, 6.07) is 4.22. The van der Waals surface area contributed by atoms with E-state index in [2.05, 4.69) is 25.2 Å². The first-order valence-electron chi connectivity index (χ1n) is 6.35. The molecule has 3 nitrogen and oxygen atoms in total. The van der Waals surface area contributed by atoms with Gasteiger partial charge in [0.15, 0.2) is 0 Å². The van der Waals surface area contributed by atoms with Crippen LogP contribution in [0.25, 0.3) is 0 Å². The third-order valence-electron chi connectivity index (χ3n) is 3.27. The summed E-state index contributed by atoms with van der Waals surface area (Å²) in [5, 5.41) is 5.19. The van der Waals surface area contributed by atoms with Crippen LogP contribution >= 0.6 is 11.3 Å². The van der Waals surface area contributed by atoms with Crippen molar-refractivity contribution in [3.05, 3.63) is 34.5 Å². The number of hydrogen-bond donors (Lipinski definition) is 2. The summed E-state index contributed by atoms with van der Waals surface area (Å²) in [4.78, 5) is 13.4. The Morgan fingerprint density at radius 1 is 1.50 bits per heavy atom. The Hall–Kier alpha value is -1.13. The van der Waals surface area contributed by atoms with Crippen LogP contribution in [0.3, 0.4) is 0 Å². The van der Waals surface area contributed by atoms with Gasteiger partial charge in [0.1, 0.15) is 0 Å². The number of thiophene rings is 1. The second-order valence-corrected chi connectivity index (χ2v) is 6.12. The van der Waals surface area contributed by atoms with E-state index in [0.29, 0.717) is 5.92 Å². The van der Waals surface area contributed by atoms with Crippen molar-refractivity contribution in [3.63, 3.8) is 0 Å². The first-order valence-corrected chi connectivity index (χ1v) is 7.23. The SMILES string of the molecule is CC(C)C(NC(=O)C1C=CC(N)C1)c1cccs1. The zero-order valence-corrected chi connectivity index (χ0v) is 11.6. The van der Waals surface area contributed by atoms with Gasteiger partial charge in [-0.25, -0.2) is 0 Å². The van der Waals surface area contributed by atoms with Gasteiger partial charge < -0.3 is 11.1 Å². The van der Waals surface area contributed by atoms with Gasteiger partial charge in [0.25, 0.3) is 0 Å². The molecule has 0 saturated heterocycles. The molecule has 3 atom stereocenters. The molecule has 0 bridgehead atoms. The van der Waals surface area contributed by atoms with Crippen molar-refractivity contribution in [1.82, 2.24) is 5.32 Å². The Morgan fingerprint density at radius 2 is 2.28 bits per heavy atom. The first kappa shape index (κ1) is 13.3. The zero-order valence-electron chi connectivity index (χ0n) is 10.8. The van der Waals surface area contributed by atoms with E-state index in [-0.39, 0.29) is 23.9 Å². The van der Waals surface area contributed by atoms with Gasteiger partial charge in [0, 0.05) is 10.9 Å². The van der Waals surface area contributed by atoms with Gasteiger partial charge >= 0.3 is 0 Å². The summed E-state index contributed by atoms with van der Waals surface area (Å²) >= 11 is 1.69. The van der Waals surface area contributed by atoms with Gasteiger partial charge in [0.05, 0.1) is 12.0 Å². The Labute approximate surface area is 112 Å². The van der Waals surface area contributed by atoms with Crippen molar-refractivity contribution < 1.29 is 4.79 Å². The van der Waals surface area contributed by atoms with Crippen LogP contribution in [-0.4, -0.2) is 11.9 Å². The molecule has 1 aliphatic carbocycles. The highest BCUT2D eigenvalue weighted by Gasteiger charge is 2.26. The third kappa shape index (κ3) is 3.00. The maximum atomic E-state index is 12.2. The fourth-order valence-corrected chi connectivity index (χ4v) is 3.17. The van der Waals surface area contributed by atoms with Crippen molar-refractivity contribution >= 4 is 17.2 Å². The molecule has 18 heavy (non-hydrogen) atoms. The lowest BCUT2D eigenvalue weighted by atomic mass is 10.0. The van der Waals surface area contributed by atoms with Crippen molar-refractivity contribution in [1.29, 1.82) is 0 Å². The van der Waals surface area contributed by atoms with Gasteiger partial charge in [-0.15, -0.1) is 11.3 Å². The van der Waals surface area contributed by atoms with Crippen LogP contribution in [0.1, 0.15) is 31.2 Å². The number of nitrogens with two attached hydrogens (primary N) is 1. The molecule has 3 N–H and O–H groups in total. The second-order valence-electron chi connectivity index (χ2n) is 5.14. The van der Waals surface area contributed by atoms with Crippen LogP contribution < -0.4 is 11.1 Å². The predicted molar refractivity (Wildman–Crippen MR) is 75.3 cm³/mol. The third-order valence-corrected chi connectivity index (χ3v) is 4.22. The van der Waals surface area contributed by atoms with Gasteiger partial charge in [-0.3, -0.25) is 4.79 Å². The summed E-state index contributed by atoms with van der Waals surface area (Å²) in [5.41, 5.74) is 5.78. The number of nitrogens with one attached hydrogen (secondary N) is 1. The molecule has 4 heteroatoms. The summed E-state index contributed by atoms with van der Waals surface area (Å²) in [6.07, 6.45) is 4.56. The minimum absolute atomic E-state index is 0.0278. The Kier molecular flexibility index (Phi) is 4.19. The lowest BCUT2D eigenvalue weighted by molar-refractivity contribution is -0.124. The summed E-state index contributed by atoms with van der Waals surface area (Å²) in [5.74, 6) is 0.402. The molecule has 0 spiro atoms. The molecule has 0 saturated carbocycles. The van der Waals surface area contributed by atoms with Crippen LogP contribution in [0.4, 0.5) is 0 Å². The summed E-state index contributed by atoms with van der Waals surface area (Å²) < 4.78 is 0. The van der Waals surface area contributed by atoms with Crippen LogP contribution in [0.15, 0.2) is 29.7 Å². The van der Waals surface area contributed by atoms with Gasteiger partial charge in [0.2, 0.25) is 5.91 Å². The number of hydrogen-bond acceptors (Lipinski definition) is 3. The fraction of sp³-hybridized carbons (Fsp3) is 0.500. The highest BCUT2D eigenvalue weighted by molar-refractivity contribution is 7.10. The molecule has 1 aliphatic rings. The van der Waals surface area contributed by atoms with Crippen LogP contribution in [0.5, 0.6) is 0 Å². The Morgan fingerprint density at radius 3 is 2.78 bits per heavy atom. The molecular formula is C14H20N2OS. The largest absolute Gasteiger partial charge is 0.348 e. The van der Waals surface area contributed by atoms with E-state index in [1.807, 2.05) is 23.6 Å². The Balaban J connectivity index is 2.02. The summed E-state index contributed by atoms with van der Waals surface area (Å²) in [6.45, 7) is 4.25. The van der Waals surface area contributed by atoms with E-state index >= 15 is 0 Å². The van der Waals surface area contributed by atoms with Crippen LogP contribution in [0, 0.1) is 11.8 Å². The van der Waals surface area contributed by atoms with Crippen molar-refractivity contribution in [3.8, 4) is 0 Å². The lowest BCUT2D eigenvalue weighted by Gasteiger charge is -2.23. The maximum Gasteiger partial charge on any atom is 0.227 e. The average molecular weight is 264 g/mol. The Bertz CT molecular complexity index is 425. The van der Waals surface area contributed by atoms with Gasteiger partial charge in [-0.2, -0.15) is 0 Å². The number of amides is 1. The molecule has 0 aliphatic heterocycles. The van der Waals surface area contributed by atoms with E-state index in [0.717, 1.165) is 6.42 Å².